The highest BCUT2D eigenvalue weighted by Gasteiger charge is 2.26. The molecule has 1 saturated heterocycles. The zero-order chi connectivity index (χ0) is 16.7. The predicted molar refractivity (Wildman–Crippen MR) is 91.3 cm³/mol. The summed E-state index contributed by atoms with van der Waals surface area (Å²) in [5, 5.41) is 22.4. The van der Waals surface area contributed by atoms with Gasteiger partial charge in [-0.15, -0.1) is 6.58 Å². The average Bonchev–Trinajstić information content (AvgIpc) is 2.55. The fourth-order valence-corrected chi connectivity index (χ4v) is 2.89. The molecule has 1 aliphatic rings. The number of aliphatic hydroxyl groups excluding tert-OH is 1. The molecule has 0 spiro atoms. The van der Waals surface area contributed by atoms with Crippen LogP contribution in [0.4, 0.5) is 5.69 Å². The Kier molecular flexibility index (Phi) is 6.62. The summed E-state index contributed by atoms with van der Waals surface area (Å²) in [6.45, 7) is 5.94. The highest BCUT2D eigenvalue weighted by Crippen LogP contribution is 2.24. The van der Waals surface area contributed by atoms with Crippen molar-refractivity contribution in [3.63, 3.8) is 0 Å². The molecule has 0 aliphatic carbocycles. The van der Waals surface area contributed by atoms with Crippen molar-refractivity contribution >= 4 is 11.6 Å². The molecule has 0 saturated carbocycles. The quantitative estimate of drug-likeness (QED) is 0.533. The Bertz CT molecular complexity index is 525. The standard InChI is InChI=1S/C18H26N2O3/c1-2-3-6-15(21)13-20-11-9-14(10-12-20)18(23)19-16-7-4-5-8-17(16)22/h2,4-5,7-8,14-15,21-22H,1,3,6,9-13H2,(H,19,23). The first kappa shape index (κ1) is 17.5. The van der Waals surface area contributed by atoms with Crippen LogP contribution in [0.25, 0.3) is 0 Å². The van der Waals surface area contributed by atoms with Crippen LogP contribution in [0.3, 0.4) is 0 Å². The van der Waals surface area contributed by atoms with E-state index in [4.69, 9.17) is 0 Å². The molecule has 3 N–H and O–H groups in total. The molecule has 1 aliphatic heterocycles. The molecule has 1 aromatic carbocycles. The minimum Gasteiger partial charge on any atom is -0.506 e. The van der Waals surface area contributed by atoms with Gasteiger partial charge in [0.25, 0.3) is 0 Å². The Hall–Kier alpha value is -1.85. The van der Waals surface area contributed by atoms with E-state index < -0.39 is 0 Å². The molecule has 1 unspecified atom stereocenters. The highest BCUT2D eigenvalue weighted by molar-refractivity contribution is 5.93. The van der Waals surface area contributed by atoms with Crippen LogP contribution in [0.15, 0.2) is 36.9 Å². The number of nitrogens with one attached hydrogen (secondary N) is 1. The van der Waals surface area contributed by atoms with Crippen LogP contribution in [0.5, 0.6) is 5.75 Å². The van der Waals surface area contributed by atoms with Gasteiger partial charge in [-0.2, -0.15) is 0 Å². The zero-order valence-electron chi connectivity index (χ0n) is 13.4. The summed E-state index contributed by atoms with van der Waals surface area (Å²) in [6.07, 6.45) is 4.58. The number of piperidine rings is 1. The molecule has 1 amide bonds. The summed E-state index contributed by atoms with van der Waals surface area (Å²) in [5.74, 6) is -0.00171. The van der Waals surface area contributed by atoms with E-state index in [2.05, 4.69) is 16.8 Å². The highest BCUT2D eigenvalue weighted by atomic mass is 16.3. The van der Waals surface area contributed by atoms with Crippen molar-refractivity contribution in [1.29, 1.82) is 0 Å². The Balaban J connectivity index is 1.76. The molecule has 126 valence electrons. The molecule has 2 rings (SSSR count). The summed E-state index contributed by atoms with van der Waals surface area (Å²) in [4.78, 5) is 14.5. The van der Waals surface area contributed by atoms with Gasteiger partial charge >= 0.3 is 0 Å². The van der Waals surface area contributed by atoms with E-state index in [1.165, 1.54) is 0 Å². The topological polar surface area (TPSA) is 72.8 Å². The normalized spacial score (nSPS) is 17.6. The Labute approximate surface area is 137 Å². The number of nitrogens with zero attached hydrogens (tertiary/aromatic N) is 1. The van der Waals surface area contributed by atoms with E-state index in [0.29, 0.717) is 12.2 Å². The van der Waals surface area contributed by atoms with Crippen LogP contribution < -0.4 is 5.32 Å². The molecule has 1 aromatic rings. The van der Waals surface area contributed by atoms with Gasteiger partial charge in [-0.1, -0.05) is 18.2 Å². The number of β-amino-alcohol motifs (C(OH)–C–C–N with tert-alkyl or cyclic N) is 1. The minimum absolute atomic E-state index is 0.0432. The number of aromatic hydroxyl groups is 1. The molecule has 5 heteroatoms. The van der Waals surface area contributed by atoms with Gasteiger partial charge in [-0.25, -0.2) is 0 Å². The third kappa shape index (κ3) is 5.37. The number of likely N-dealkylation sites (tertiary alicyclic amines) is 1. The van der Waals surface area contributed by atoms with Gasteiger partial charge in [0.15, 0.2) is 0 Å². The number of hydrogen-bond acceptors (Lipinski definition) is 4. The largest absolute Gasteiger partial charge is 0.506 e. The van der Waals surface area contributed by atoms with Gasteiger partial charge in [-0.3, -0.25) is 4.79 Å². The monoisotopic (exact) mass is 318 g/mol. The molecular weight excluding hydrogens is 292 g/mol. The lowest BCUT2D eigenvalue weighted by Crippen LogP contribution is -2.41. The summed E-state index contributed by atoms with van der Waals surface area (Å²) < 4.78 is 0. The number of phenolic OH excluding ortho intramolecular Hbond substituents is 1. The van der Waals surface area contributed by atoms with Crippen molar-refractivity contribution in [3.05, 3.63) is 36.9 Å². The van der Waals surface area contributed by atoms with E-state index in [1.54, 1.807) is 24.3 Å². The third-order valence-electron chi connectivity index (χ3n) is 4.29. The smallest absolute Gasteiger partial charge is 0.227 e. The number of carbonyl (C=O) groups excluding carboxylic acids is 1. The lowest BCUT2D eigenvalue weighted by Gasteiger charge is -2.32. The van der Waals surface area contributed by atoms with E-state index in [9.17, 15) is 15.0 Å². The van der Waals surface area contributed by atoms with Crippen molar-refractivity contribution in [2.75, 3.05) is 25.0 Å². The van der Waals surface area contributed by atoms with E-state index >= 15 is 0 Å². The number of benzene rings is 1. The first-order valence-corrected chi connectivity index (χ1v) is 8.20. The predicted octanol–water partition coefficient (Wildman–Crippen LogP) is 2.37. The van der Waals surface area contributed by atoms with Gasteiger partial charge in [0, 0.05) is 12.5 Å². The SMILES string of the molecule is C=CCCC(O)CN1CCC(C(=O)Nc2ccccc2O)CC1. The number of para-hydroxylation sites is 2. The van der Waals surface area contributed by atoms with Gasteiger partial charge in [0.05, 0.1) is 11.8 Å². The van der Waals surface area contributed by atoms with E-state index in [1.807, 2.05) is 6.08 Å². The van der Waals surface area contributed by atoms with Crippen molar-refractivity contribution in [3.8, 4) is 5.75 Å². The van der Waals surface area contributed by atoms with Crippen LogP contribution in [0, 0.1) is 5.92 Å². The summed E-state index contributed by atoms with van der Waals surface area (Å²) in [6, 6.07) is 6.75. The number of aliphatic hydroxyl groups is 1. The maximum Gasteiger partial charge on any atom is 0.227 e. The summed E-state index contributed by atoms with van der Waals surface area (Å²) in [7, 11) is 0. The van der Waals surface area contributed by atoms with Gasteiger partial charge in [-0.05, 0) is 50.9 Å². The maximum absolute atomic E-state index is 12.3. The zero-order valence-corrected chi connectivity index (χ0v) is 13.4. The fourth-order valence-electron chi connectivity index (χ4n) is 2.89. The van der Waals surface area contributed by atoms with Gasteiger partial charge < -0.3 is 20.4 Å². The second kappa shape index (κ2) is 8.70. The Morgan fingerprint density at radius 2 is 2.09 bits per heavy atom. The number of phenols is 1. The lowest BCUT2D eigenvalue weighted by atomic mass is 9.95. The minimum atomic E-state index is -0.334. The molecule has 1 heterocycles. The molecule has 1 atom stereocenters. The first-order valence-electron chi connectivity index (χ1n) is 8.20. The number of carbonyl (C=O) groups is 1. The molecular formula is C18H26N2O3. The third-order valence-corrected chi connectivity index (χ3v) is 4.29. The van der Waals surface area contributed by atoms with Gasteiger partial charge in [0.2, 0.25) is 5.91 Å². The molecule has 0 radical (unpaired) electrons. The molecule has 1 fully saturated rings. The second-order valence-electron chi connectivity index (χ2n) is 6.10. The summed E-state index contributed by atoms with van der Waals surface area (Å²) in [5.41, 5.74) is 0.458. The van der Waals surface area contributed by atoms with Gasteiger partial charge in [0.1, 0.15) is 5.75 Å². The number of hydrogen-bond donors (Lipinski definition) is 3. The van der Waals surface area contributed by atoms with Crippen LogP contribution in [0.2, 0.25) is 0 Å². The van der Waals surface area contributed by atoms with Crippen LogP contribution in [0.1, 0.15) is 25.7 Å². The van der Waals surface area contributed by atoms with Crippen molar-refractivity contribution in [2.45, 2.75) is 31.8 Å². The molecule has 0 bridgehead atoms. The maximum atomic E-state index is 12.3. The van der Waals surface area contributed by atoms with Crippen LogP contribution in [-0.2, 0) is 4.79 Å². The number of rotatable bonds is 7. The lowest BCUT2D eigenvalue weighted by molar-refractivity contribution is -0.121. The first-order chi connectivity index (χ1) is 11.1. The fraction of sp³-hybridized carbons (Fsp3) is 0.500. The van der Waals surface area contributed by atoms with Crippen LogP contribution >= 0.6 is 0 Å². The average molecular weight is 318 g/mol. The van der Waals surface area contributed by atoms with Crippen molar-refractivity contribution in [1.82, 2.24) is 4.90 Å². The molecule has 0 aromatic heterocycles. The number of anilines is 1. The molecule has 5 nitrogen and oxygen atoms in total. The Morgan fingerprint density at radius 1 is 1.39 bits per heavy atom. The van der Waals surface area contributed by atoms with E-state index in [0.717, 1.165) is 38.8 Å². The van der Waals surface area contributed by atoms with E-state index in [-0.39, 0.29) is 23.7 Å². The summed E-state index contributed by atoms with van der Waals surface area (Å²) >= 11 is 0. The number of amides is 1. The van der Waals surface area contributed by atoms with Crippen molar-refractivity contribution < 1.29 is 15.0 Å². The number of allylic oxidation sites excluding steroid dienone is 1. The molecule has 23 heavy (non-hydrogen) atoms. The second-order valence-corrected chi connectivity index (χ2v) is 6.10. The van der Waals surface area contributed by atoms with Crippen molar-refractivity contribution in [2.24, 2.45) is 5.92 Å². The Morgan fingerprint density at radius 3 is 2.74 bits per heavy atom. The van der Waals surface area contributed by atoms with Crippen LogP contribution in [-0.4, -0.2) is 46.8 Å².